The standard InChI is InChI=1S/C14H14N2O.C14H15N.C13H13N.6C2H6.CH4/c15-12-5-1-10(2-6-12)9-14(17)11-3-7-13(16)8-4-11;1-11-2-4-12(5-3-11)10-13-6-8-14(15)9-7-13;1-10-2-4-11(5-3-10)12-6-8-13(14)9-7-12;6*1-2;/h1-8H,9,15-16H2;2-9H,10,15H2,1H3;2-9H,14H2,1H3;6*1-2H3;1H4. The predicted molar refractivity (Wildman–Crippen MR) is 270 cm³/mol. The third kappa shape index (κ3) is 26.7. The Hall–Kier alpha value is -5.81. The molecule has 0 aliphatic carbocycles. The highest BCUT2D eigenvalue weighted by Crippen LogP contribution is 2.20. The predicted octanol–water partition coefficient (Wildman–Crippen LogP) is 15.5. The van der Waals surface area contributed by atoms with E-state index in [0.717, 1.165) is 23.4 Å². The quantitative estimate of drug-likeness (QED) is 0.0987. The first-order valence-electron chi connectivity index (χ1n) is 21.2. The van der Waals surface area contributed by atoms with Crippen LogP contribution in [0.4, 0.5) is 22.7 Å². The molecule has 0 amide bonds. The van der Waals surface area contributed by atoms with Gasteiger partial charge in [0.05, 0.1) is 0 Å². The Bertz CT molecular complexity index is 1710. The molecule has 0 aliphatic rings. The van der Waals surface area contributed by atoms with Gasteiger partial charge in [0.2, 0.25) is 0 Å². The van der Waals surface area contributed by atoms with Gasteiger partial charge in [0.15, 0.2) is 5.78 Å². The monoisotopic (exact) mass is 803 g/mol. The maximum absolute atomic E-state index is 11.9. The van der Waals surface area contributed by atoms with Crippen molar-refractivity contribution in [2.45, 2.75) is 117 Å². The molecule has 59 heavy (non-hydrogen) atoms. The number of hydrogen-bond donors (Lipinski definition) is 4. The summed E-state index contributed by atoms with van der Waals surface area (Å²) in [5.74, 6) is 0.0785. The molecule has 0 saturated heterocycles. The van der Waals surface area contributed by atoms with Gasteiger partial charge >= 0.3 is 0 Å². The number of nitrogens with two attached hydrogens (primary N) is 4. The Labute approximate surface area is 362 Å². The molecular formula is C54H82N4O. The van der Waals surface area contributed by atoms with Gasteiger partial charge in [-0.25, -0.2) is 0 Å². The van der Waals surface area contributed by atoms with Crippen LogP contribution in [0.5, 0.6) is 0 Å². The lowest BCUT2D eigenvalue weighted by molar-refractivity contribution is 0.0993. The summed E-state index contributed by atoms with van der Waals surface area (Å²) in [5, 5.41) is 0. The zero-order valence-electron chi connectivity index (χ0n) is 38.5. The summed E-state index contributed by atoms with van der Waals surface area (Å²) in [4.78, 5) is 11.9. The van der Waals surface area contributed by atoms with E-state index in [1.165, 1.54) is 33.4 Å². The van der Waals surface area contributed by atoms with Crippen molar-refractivity contribution in [2.75, 3.05) is 22.9 Å². The molecule has 0 aliphatic heterocycles. The number of ketones is 1. The molecule has 0 radical (unpaired) electrons. The van der Waals surface area contributed by atoms with E-state index in [2.05, 4.69) is 74.5 Å². The van der Waals surface area contributed by atoms with Crippen molar-refractivity contribution >= 4 is 28.5 Å². The average molecular weight is 803 g/mol. The van der Waals surface area contributed by atoms with Gasteiger partial charge in [-0.1, -0.05) is 187 Å². The summed E-state index contributed by atoms with van der Waals surface area (Å²) in [6, 6.07) is 47.4. The fraction of sp³-hybridized carbons (Fsp3) is 0.315. The number of benzene rings is 6. The highest BCUT2D eigenvalue weighted by Gasteiger charge is 2.06. The van der Waals surface area contributed by atoms with Gasteiger partial charge in [-0.05, 0) is 109 Å². The fourth-order valence-electron chi connectivity index (χ4n) is 4.59. The van der Waals surface area contributed by atoms with Crippen molar-refractivity contribution < 1.29 is 4.79 Å². The molecule has 0 unspecified atom stereocenters. The van der Waals surface area contributed by atoms with Crippen molar-refractivity contribution in [1.29, 1.82) is 0 Å². The molecule has 5 heteroatoms. The largest absolute Gasteiger partial charge is 0.399 e. The molecule has 0 bridgehead atoms. The second kappa shape index (κ2) is 39.0. The first-order chi connectivity index (χ1) is 28.1. The van der Waals surface area contributed by atoms with Crippen molar-refractivity contribution in [2.24, 2.45) is 0 Å². The van der Waals surface area contributed by atoms with E-state index < -0.39 is 0 Å². The molecule has 8 N–H and O–H groups in total. The summed E-state index contributed by atoms with van der Waals surface area (Å²) >= 11 is 0. The van der Waals surface area contributed by atoms with Gasteiger partial charge in [0.1, 0.15) is 0 Å². The third-order valence-corrected chi connectivity index (χ3v) is 7.38. The van der Waals surface area contributed by atoms with Crippen LogP contribution in [0.1, 0.15) is 129 Å². The number of rotatable bonds is 6. The van der Waals surface area contributed by atoms with Gasteiger partial charge in [0.25, 0.3) is 0 Å². The molecule has 0 aromatic heterocycles. The van der Waals surface area contributed by atoms with Crippen LogP contribution in [0.15, 0.2) is 146 Å². The highest BCUT2D eigenvalue weighted by atomic mass is 16.1. The first kappa shape index (κ1) is 59.9. The maximum Gasteiger partial charge on any atom is 0.167 e. The summed E-state index contributed by atoms with van der Waals surface area (Å²) in [6.45, 7) is 28.2. The zero-order chi connectivity index (χ0) is 44.9. The fourth-order valence-corrected chi connectivity index (χ4v) is 4.59. The smallest absolute Gasteiger partial charge is 0.167 e. The minimum Gasteiger partial charge on any atom is -0.399 e. The van der Waals surface area contributed by atoms with Crippen molar-refractivity contribution in [3.05, 3.63) is 179 Å². The Morgan fingerprint density at radius 3 is 0.932 bits per heavy atom. The summed E-state index contributed by atoms with van der Waals surface area (Å²) in [5.41, 5.74) is 34.7. The second-order valence-corrected chi connectivity index (χ2v) is 11.4. The SMILES string of the molecule is C.CC.CC.CC.CC.CC.CC.Cc1ccc(-c2ccc(N)cc2)cc1.Cc1ccc(Cc2ccc(N)cc2)cc1.Nc1ccc(CC(=O)c2ccc(N)cc2)cc1. The van der Waals surface area contributed by atoms with E-state index in [1.54, 1.807) is 36.4 Å². The first-order valence-corrected chi connectivity index (χ1v) is 21.2. The van der Waals surface area contributed by atoms with Crippen molar-refractivity contribution in [3.8, 4) is 11.1 Å². The molecule has 5 nitrogen and oxygen atoms in total. The minimum absolute atomic E-state index is 0. The van der Waals surface area contributed by atoms with Crippen LogP contribution in [0, 0.1) is 13.8 Å². The summed E-state index contributed by atoms with van der Waals surface area (Å²) in [6.07, 6.45) is 1.35. The Balaban J connectivity index is -0.000000338. The average Bonchev–Trinajstić information content (AvgIpc) is 3.29. The molecule has 6 aromatic rings. The van der Waals surface area contributed by atoms with Crippen LogP contribution in [0.25, 0.3) is 11.1 Å². The van der Waals surface area contributed by atoms with Crippen LogP contribution in [-0.4, -0.2) is 5.78 Å². The van der Waals surface area contributed by atoms with Gasteiger partial charge in [-0.3, -0.25) is 4.79 Å². The zero-order valence-corrected chi connectivity index (χ0v) is 38.5. The molecule has 0 heterocycles. The lowest BCUT2D eigenvalue weighted by atomic mass is 10.0. The molecule has 0 fully saturated rings. The summed E-state index contributed by atoms with van der Waals surface area (Å²) < 4.78 is 0. The number of aryl methyl sites for hydroxylation is 2. The van der Waals surface area contributed by atoms with Crippen LogP contribution >= 0.6 is 0 Å². The van der Waals surface area contributed by atoms with Crippen LogP contribution < -0.4 is 22.9 Å². The Morgan fingerprint density at radius 1 is 0.356 bits per heavy atom. The van der Waals surface area contributed by atoms with E-state index in [-0.39, 0.29) is 13.2 Å². The van der Waals surface area contributed by atoms with Crippen LogP contribution in [0.3, 0.4) is 0 Å². The molecule has 6 rings (SSSR count). The van der Waals surface area contributed by atoms with Crippen molar-refractivity contribution in [1.82, 2.24) is 0 Å². The number of carbonyl (C=O) groups excluding carboxylic acids is 1. The van der Waals surface area contributed by atoms with Crippen LogP contribution in [-0.2, 0) is 12.8 Å². The van der Waals surface area contributed by atoms with Gasteiger partial charge < -0.3 is 22.9 Å². The Kier molecular flexibility index (Phi) is 39.6. The van der Waals surface area contributed by atoms with E-state index in [9.17, 15) is 4.79 Å². The second-order valence-electron chi connectivity index (χ2n) is 11.4. The molecule has 324 valence electrons. The minimum atomic E-state index is 0. The van der Waals surface area contributed by atoms with E-state index in [0.29, 0.717) is 23.4 Å². The number of Topliss-reactive ketones (excluding diaryl/α,β-unsaturated/α-hetero) is 1. The van der Waals surface area contributed by atoms with E-state index >= 15 is 0 Å². The van der Waals surface area contributed by atoms with Gasteiger partial charge in [0, 0.05) is 34.7 Å². The van der Waals surface area contributed by atoms with Crippen molar-refractivity contribution in [3.63, 3.8) is 0 Å². The number of nitrogen functional groups attached to an aromatic ring is 4. The molecular weight excluding hydrogens is 721 g/mol. The lowest BCUT2D eigenvalue weighted by Crippen LogP contribution is -2.03. The number of anilines is 4. The van der Waals surface area contributed by atoms with E-state index in [1.807, 2.05) is 132 Å². The maximum atomic E-state index is 11.9. The Morgan fingerprint density at radius 2 is 0.593 bits per heavy atom. The normalized spacial score (nSPS) is 8.51. The molecule has 0 saturated carbocycles. The lowest BCUT2D eigenvalue weighted by Gasteiger charge is -2.02. The third-order valence-electron chi connectivity index (χ3n) is 7.38. The van der Waals surface area contributed by atoms with E-state index in [4.69, 9.17) is 22.9 Å². The highest BCUT2D eigenvalue weighted by molar-refractivity contribution is 5.97. The molecule has 0 spiro atoms. The van der Waals surface area contributed by atoms with Gasteiger partial charge in [-0.2, -0.15) is 0 Å². The number of hydrogen-bond acceptors (Lipinski definition) is 5. The topological polar surface area (TPSA) is 121 Å². The number of carbonyl (C=O) groups is 1. The van der Waals surface area contributed by atoms with Crippen LogP contribution in [0.2, 0.25) is 0 Å². The molecule has 6 aromatic carbocycles. The molecule has 0 atom stereocenters. The summed E-state index contributed by atoms with van der Waals surface area (Å²) in [7, 11) is 0. The van der Waals surface area contributed by atoms with Gasteiger partial charge in [-0.15, -0.1) is 0 Å².